The summed E-state index contributed by atoms with van der Waals surface area (Å²) in [5.74, 6) is 0.623. The Labute approximate surface area is 118 Å². The van der Waals surface area contributed by atoms with Crippen molar-refractivity contribution in [2.45, 2.75) is 25.0 Å². The number of nitrogens with one attached hydrogen (secondary N) is 2. The van der Waals surface area contributed by atoms with Crippen LogP contribution in [0.3, 0.4) is 0 Å². The molecule has 3 N–H and O–H groups in total. The molecule has 2 rings (SSSR count). The number of nitrogens with zero attached hydrogens (tertiary/aromatic N) is 1. The van der Waals surface area contributed by atoms with Crippen molar-refractivity contribution in [3.63, 3.8) is 0 Å². The molecule has 0 bridgehead atoms. The van der Waals surface area contributed by atoms with Gasteiger partial charge in [-0.1, -0.05) is 0 Å². The SMILES string of the molecule is O=Nc1ccc(OCC(O)CNC2CCNCC2)cc1. The normalized spacial score (nSPS) is 17.6. The maximum Gasteiger partial charge on any atom is 0.119 e. The Hall–Kier alpha value is -1.50. The Morgan fingerprint density at radius 2 is 2.05 bits per heavy atom. The number of ether oxygens (including phenoxy) is 1. The van der Waals surface area contributed by atoms with Crippen LogP contribution in [0.4, 0.5) is 5.69 Å². The van der Waals surface area contributed by atoms with Crippen LogP contribution in [0, 0.1) is 4.91 Å². The van der Waals surface area contributed by atoms with Gasteiger partial charge in [-0.25, -0.2) is 0 Å². The number of hydrogen-bond donors (Lipinski definition) is 3. The van der Waals surface area contributed by atoms with Crippen molar-refractivity contribution in [3.8, 4) is 5.75 Å². The quantitative estimate of drug-likeness (QED) is 0.653. The molecule has 1 heterocycles. The largest absolute Gasteiger partial charge is 0.491 e. The summed E-state index contributed by atoms with van der Waals surface area (Å²) >= 11 is 0. The lowest BCUT2D eigenvalue weighted by Gasteiger charge is -2.25. The van der Waals surface area contributed by atoms with Crippen LogP contribution in [0.15, 0.2) is 29.4 Å². The van der Waals surface area contributed by atoms with E-state index in [1.54, 1.807) is 24.3 Å². The summed E-state index contributed by atoms with van der Waals surface area (Å²) in [5, 5.41) is 19.3. The maximum absolute atomic E-state index is 10.3. The summed E-state index contributed by atoms with van der Waals surface area (Å²) in [7, 11) is 0. The van der Waals surface area contributed by atoms with E-state index in [4.69, 9.17) is 4.74 Å². The highest BCUT2D eigenvalue weighted by molar-refractivity contribution is 5.40. The van der Waals surface area contributed by atoms with Gasteiger partial charge in [0.1, 0.15) is 24.1 Å². The molecule has 0 aromatic heterocycles. The molecule has 0 radical (unpaired) electrons. The molecule has 0 aliphatic carbocycles. The van der Waals surface area contributed by atoms with Crippen molar-refractivity contribution < 1.29 is 9.84 Å². The molecule has 1 aliphatic rings. The molecule has 0 amide bonds. The van der Waals surface area contributed by atoms with E-state index < -0.39 is 6.10 Å². The first-order valence-electron chi connectivity index (χ1n) is 6.96. The molecule has 0 spiro atoms. The van der Waals surface area contributed by atoms with Gasteiger partial charge in [0.05, 0.1) is 0 Å². The van der Waals surface area contributed by atoms with Gasteiger partial charge in [-0.2, -0.15) is 0 Å². The molecule has 0 saturated carbocycles. The first kappa shape index (κ1) is 14.9. The zero-order valence-electron chi connectivity index (χ0n) is 11.4. The van der Waals surface area contributed by atoms with Crippen LogP contribution in [0.2, 0.25) is 0 Å². The van der Waals surface area contributed by atoms with Gasteiger partial charge < -0.3 is 20.5 Å². The zero-order valence-corrected chi connectivity index (χ0v) is 11.4. The van der Waals surface area contributed by atoms with Gasteiger partial charge in [0.25, 0.3) is 0 Å². The molecule has 1 unspecified atom stereocenters. The monoisotopic (exact) mass is 279 g/mol. The van der Waals surface area contributed by atoms with Crippen LogP contribution < -0.4 is 15.4 Å². The first-order chi connectivity index (χ1) is 9.78. The summed E-state index contributed by atoms with van der Waals surface area (Å²) < 4.78 is 5.46. The number of hydrogen-bond acceptors (Lipinski definition) is 6. The van der Waals surface area contributed by atoms with Crippen LogP contribution in [-0.4, -0.2) is 43.5 Å². The van der Waals surface area contributed by atoms with Crippen molar-refractivity contribution in [3.05, 3.63) is 29.2 Å². The Bertz CT molecular complexity index is 405. The predicted molar refractivity (Wildman–Crippen MR) is 77.3 cm³/mol. The lowest BCUT2D eigenvalue weighted by atomic mass is 10.1. The van der Waals surface area contributed by atoms with E-state index in [-0.39, 0.29) is 6.61 Å². The van der Waals surface area contributed by atoms with Crippen LogP contribution in [0.5, 0.6) is 5.75 Å². The Balaban J connectivity index is 1.65. The minimum Gasteiger partial charge on any atom is -0.491 e. The van der Waals surface area contributed by atoms with Crippen molar-refractivity contribution in [2.75, 3.05) is 26.2 Å². The summed E-state index contributed by atoms with van der Waals surface area (Å²) in [6.45, 7) is 2.81. The molecule has 1 atom stereocenters. The van der Waals surface area contributed by atoms with Crippen molar-refractivity contribution in [1.29, 1.82) is 0 Å². The third kappa shape index (κ3) is 4.88. The van der Waals surface area contributed by atoms with Gasteiger partial charge in [0.2, 0.25) is 0 Å². The summed E-state index contributed by atoms with van der Waals surface area (Å²) in [6, 6.07) is 6.99. The minimum atomic E-state index is -0.547. The summed E-state index contributed by atoms with van der Waals surface area (Å²) in [5.41, 5.74) is 0.366. The Kier molecular flexibility index (Phi) is 5.91. The average Bonchev–Trinajstić information content (AvgIpc) is 2.52. The first-order valence-corrected chi connectivity index (χ1v) is 6.96. The molecule has 1 aliphatic heterocycles. The maximum atomic E-state index is 10.3. The Morgan fingerprint density at radius 1 is 1.35 bits per heavy atom. The summed E-state index contributed by atoms with van der Waals surface area (Å²) in [4.78, 5) is 10.3. The average molecular weight is 279 g/mol. The topological polar surface area (TPSA) is 83.0 Å². The fourth-order valence-corrected chi connectivity index (χ4v) is 2.18. The molecule has 1 aromatic rings. The van der Waals surface area contributed by atoms with Crippen LogP contribution in [0.25, 0.3) is 0 Å². The number of aliphatic hydroxyl groups is 1. The molecule has 6 nitrogen and oxygen atoms in total. The van der Waals surface area contributed by atoms with Crippen molar-refractivity contribution in [2.24, 2.45) is 5.18 Å². The lowest BCUT2D eigenvalue weighted by molar-refractivity contribution is 0.102. The third-order valence-electron chi connectivity index (χ3n) is 3.37. The molecule has 1 saturated heterocycles. The van der Waals surface area contributed by atoms with Crippen molar-refractivity contribution in [1.82, 2.24) is 10.6 Å². The van der Waals surface area contributed by atoms with E-state index in [0.717, 1.165) is 25.9 Å². The van der Waals surface area contributed by atoms with E-state index in [9.17, 15) is 10.0 Å². The molecule has 6 heteroatoms. The van der Waals surface area contributed by atoms with E-state index in [0.29, 0.717) is 24.0 Å². The number of piperidine rings is 1. The predicted octanol–water partition coefficient (Wildman–Crippen LogP) is 1.17. The fraction of sp³-hybridized carbons (Fsp3) is 0.571. The highest BCUT2D eigenvalue weighted by atomic mass is 16.5. The van der Waals surface area contributed by atoms with Crippen molar-refractivity contribution >= 4 is 5.69 Å². The van der Waals surface area contributed by atoms with Gasteiger partial charge in [-0.3, -0.25) is 0 Å². The second kappa shape index (κ2) is 7.94. The molecular formula is C14H21N3O3. The number of nitroso groups, excluding NO2 is 1. The fourth-order valence-electron chi connectivity index (χ4n) is 2.18. The van der Waals surface area contributed by atoms with E-state index in [1.807, 2.05) is 0 Å². The second-order valence-corrected chi connectivity index (χ2v) is 4.98. The van der Waals surface area contributed by atoms with Gasteiger partial charge in [-0.15, -0.1) is 4.91 Å². The molecule has 110 valence electrons. The number of aliphatic hydroxyl groups excluding tert-OH is 1. The number of rotatable bonds is 7. The van der Waals surface area contributed by atoms with Crippen LogP contribution in [0.1, 0.15) is 12.8 Å². The van der Waals surface area contributed by atoms with Crippen LogP contribution in [-0.2, 0) is 0 Å². The molecule has 1 aromatic carbocycles. The van der Waals surface area contributed by atoms with Gasteiger partial charge >= 0.3 is 0 Å². The minimum absolute atomic E-state index is 0.228. The summed E-state index contributed by atoms with van der Waals surface area (Å²) in [6.07, 6.45) is 1.63. The molecule has 1 fully saturated rings. The van der Waals surface area contributed by atoms with Crippen LogP contribution >= 0.6 is 0 Å². The van der Waals surface area contributed by atoms with Gasteiger partial charge in [0.15, 0.2) is 0 Å². The van der Waals surface area contributed by atoms with Gasteiger partial charge in [0, 0.05) is 12.6 Å². The second-order valence-electron chi connectivity index (χ2n) is 4.98. The molecule has 20 heavy (non-hydrogen) atoms. The highest BCUT2D eigenvalue weighted by Crippen LogP contribution is 2.17. The zero-order chi connectivity index (χ0) is 14.2. The van der Waals surface area contributed by atoms with E-state index in [2.05, 4.69) is 15.8 Å². The lowest BCUT2D eigenvalue weighted by Crippen LogP contribution is -2.43. The van der Waals surface area contributed by atoms with Gasteiger partial charge in [-0.05, 0) is 55.4 Å². The number of benzene rings is 1. The van der Waals surface area contributed by atoms with E-state index in [1.165, 1.54) is 0 Å². The highest BCUT2D eigenvalue weighted by Gasteiger charge is 2.14. The van der Waals surface area contributed by atoms with E-state index >= 15 is 0 Å². The third-order valence-corrected chi connectivity index (χ3v) is 3.37. The standard InChI is InChI=1S/C14H21N3O3/c18-13(9-16-11-5-7-15-8-6-11)10-20-14-3-1-12(17-19)2-4-14/h1-4,11,13,15-16,18H,5-10H2. The smallest absolute Gasteiger partial charge is 0.119 e. The molecular weight excluding hydrogens is 258 g/mol. The Morgan fingerprint density at radius 3 is 2.70 bits per heavy atom.